The highest BCUT2D eigenvalue weighted by Gasteiger charge is 2.30. The van der Waals surface area contributed by atoms with Gasteiger partial charge in [0.25, 0.3) is 0 Å². The number of aliphatic hydroxyl groups is 1. The van der Waals surface area contributed by atoms with Gasteiger partial charge < -0.3 is 15.2 Å². The van der Waals surface area contributed by atoms with Crippen LogP contribution >= 0.6 is 11.6 Å². The molecule has 1 aromatic rings. The summed E-state index contributed by atoms with van der Waals surface area (Å²) in [5, 5.41) is 14.0. The van der Waals surface area contributed by atoms with Crippen LogP contribution in [0.5, 0.6) is 0 Å². The van der Waals surface area contributed by atoms with E-state index in [4.69, 9.17) is 16.3 Å². The normalized spacial score (nSPS) is 22.4. The van der Waals surface area contributed by atoms with Gasteiger partial charge in [0.05, 0.1) is 18.2 Å². The predicted octanol–water partition coefficient (Wildman–Crippen LogP) is 2.71. The van der Waals surface area contributed by atoms with Crippen molar-refractivity contribution in [3.63, 3.8) is 0 Å². The highest BCUT2D eigenvalue weighted by molar-refractivity contribution is 6.30. The Morgan fingerprint density at radius 3 is 2.95 bits per heavy atom. The molecule has 1 aromatic carbocycles. The van der Waals surface area contributed by atoms with Crippen LogP contribution in [-0.2, 0) is 10.3 Å². The third kappa shape index (κ3) is 3.48. The maximum atomic E-state index is 9.85. The minimum atomic E-state index is -0.434. The van der Waals surface area contributed by atoms with E-state index in [1.54, 1.807) is 0 Å². The minimum Gasteiger partial charge on any atom is -0.394 e. The van der Waals surface area contributed by atoms with Crippen molar-refractivity contribution in [3.05, 3.63) is 34.9 Å². The van der Waals surface area contributed by atoms with E-state index < -0.39 is 5.54 Å². The van der Waals surface area contributed by atoms with Crippen LogP contribution in [0.3, 0.4) is 0 Å². The van der Waals surface area contributed by atoms with Gasteiger partial charge in [-0.05, 0) is 37.0 Å². The van der Waals surface area contributed by atoms with Gasteiger partial charge in [-0.25, -0.2) is 0 Å². The molecule has 0 saturated carbocycles. The van der Waals surface area contributed by atoms with Crippen LogP contribution in [0, 0.1) is 0 Å². The highest BCUT2D eigenvalue weighted by Crippen LogP contribution is 2.27. The molecule has 0 spiro atoms. The van der Waals surface area contributed by atoms with Gasteiger partial charge in [-0.1, -0.05) is 30.7 Å². The van der Waals surface area contributed by atoms with Gasteiger partial charge >= 0.3 is 0 Å². The second-order valence-corrected chi connectivity index (χ2v) is 5.56. The van der Waals surface area contributed by atoms with Crippen molar-refractivity contribution < 1.29 is 9.84 Å². The summed E-state index contributed by atoms with van der Waals surface area (Å²) in [7, 11) is 0. The lowest BCUT2D eigenvalue weighted by atomic mass is 9.87. The Balaban J connectivity index is 2.11. The van der Waals surface area contributed by atoms with Crippen LogP contribution in [0.1, 0.15) is 31.7 Å². The van der Waals surface area contributed by atoms with E-state index in [0.29, 0.717) is 5.02 Å². The van der Waals surface area contributed by atoms with E-state index >= 15 is 0 Å². The summed E-state index contributed by atoms with van der Waals surface area (Å²) < 4.78 is 5.63. The number of rotatable bonds is 6. The highest BCUT2D eigenvalue weighted by atomic mass is 35.5. The standard InChI is InChI=1S/C15H22ClNO2/c1-2-15(11-18,12-5-3-6-13(16)9-12)17-10-14-7-4-8-19-14/h3,5-6,9,14,17-18H,2,4,7-8,10-11H2,1H3. The van der Waals surface area contributed by atoms with Gasteiger partial charge in [0.1, 0.15) is 0 Å². The Morgan fingerprint density at radius 1 is 1.53 bits per heavy atom. The fourth-order valence-electron chi connectivity index (χ4n) is 2.59. The predicted molar refractivity (Wildman–Crippen MR) is 77.5 cm³/mol. The lowest BCUT2D eigenvalue weighted by Crippen LogP contribution is -2.48. The zero-order valence-corrected chi connectivity index (χ0v) is 12.1. The van der Waals surface area contributed by atoms with E-state index in [1.807, 2.05) is 24.3 Å². The fourth-order valence-corrected chi connectivity index (χ4v) is 2.78. The largest absolute Gasteiger partial charge is 0.394 e. The van der Waals surface area contributed by atoms with Crippen molar-refractivity contribution in [1.82, 2.24) is 5.32 Å². The van der Waals surface area contributed by atoms with Gasteiger partial charge in [0.2, 0.25) is 0 Å². The molecule has 0 bridgehead atoms. The lowest BCUT2D eigenvalue weighted by Gasteiger charge is -2.34. The molecule has 2 unspecified atom stereocenters. The van der Waals surface area contributed by atoms with Crippen LogP contribution in [0.2, 0.25) is 5.02 Å². The Kier molecular flexibility index (Phi) is 5.22. The van der Waals surface area contributed by atoms with Crippen molar-refractivity contribution in [1.29, 1.82) is 0 Å². The molecule has 1 heterocycles. The van der Waals surface area contributed by atoms with E-state index in [2.05, 4.69) is 12.2 Å². The number of benzene rings is 1. The average Bonchev–Trinajstić information content (AvgIpc) is 2.94. The van der Waals surface area contributed by atoms with E-state index in [0.717, 1.165) is 38.0 Å². The summed E-state index contributed by atoms with van der Waals surface area (Å²) in [4.78, 5) is 0. The first-order valence-electron chi connectivity index (χ1n) is 6.94. The van der Waals surface area contributed by atoms with E-state index in [-0.39, 0.29) is 12.7 Å². The molecule has 106 valence electrons. The molecule has 1 saturated heterocycles. The molecule has 2 rings (SSSR count). The zero-order valence-electron chi connectivity index (χ0n) is 11.4. The maximum Gasteiger partial charge on any atom is 0.0700 e. The summed E-state index contributed by atoms with van der Waals surface area (Å²) in [5.41, 5.74) is 0.597. The molecule has 3 nitrogen and oxygen atoms in total. The molecule has 2 atom stereocenters. The maximum absolute atomic E-state index is 9.85. The lowest BCUT2D eigenvalue weighted by molar-refractivity contribution is 0.0857. The molecular weight excluding hydrogens is 262 g/mol. The Labute approximate surface area is 119 Å². The summed E-state index contributed by atoms with van der Waals surface area (Å²) in [6.07, 6.45) is 3.28. The summed E-state index contributed by atoms with van der Waals surface area (Å²) >= 11 is 6.06. The van der Waals surface area contributed by atoms with E-state index in [1.165, 1.54) is 0 Å². The fraction of sp³-hybridized carbons (Fsp3) is 0.600. The van der Waals surface area contributed by atoms with E-state index in [9.17, 15) is 5.11 Å². The first-order valence-corrected chi connectivity index (χ1v) is 7.31. The smallest absolute Gasteiger partial charge is 0.0700 e. The van der Waals surface area contributed by atoms with Crippen molar-refractivity contribution in [2.24, 2.45) is 0 Å². The number of nitrogens with one attached hydrogen (secondary N) is 1. The summed E-state index contributed by atoms with van der Waals surface area (Å²) in [5.74, 6) is 0. The third-order valence-corrected chi connectivity index (χ3v) is 4.18. The van der Waals surface area contributed by atoms with Crippen molar-refractivity contribution >= 4 is 11.6 Å². The van der Waals surface area contributed by atoms with Crippen molar-refractivity contribution in [2.45, 2.75) is 37.8 Å². The summed E-state index contributed by atoms with van der Waals surface area (Å²) in [6.45, 7) is 3.73. The van der Waals surface area contributed by atoms with Gasteiger partial charge in [-0.15, -0.1) is 0 Å². The Bertz CT molecular complexity index is 401. The number of halogens is 1. The average molecular weight is 284 g/mol. The molecule has 19 heavy (non-hydrogen) atoms. The Morgan fingerprint density at radius 2 is 2.37 bits per heavy atom. The first-order chi connectivity index (χ1) is 9.20. The third-order valence-electron chi connectivity index (χ3n) is 3.94. The van der Waals surface area contributed by atoms with Crippen LogP contribution < -0.4 is 5.32 Å². The molecule has 0 aromatic heterocycles. The number of aliphatic hydroxyl groups excluding tert-OH is 1. The van der Waals surface area contributed by atoms with Crippen LogP contribution in [0.4, 0.5) is 0 Å². The SMILES string of the molecule is CCC(CO)(NCC1CCCO1)c1cccc(Cl)c1. The quantitative estimate of drug-likeness (QED) is 0.843. The van der Waals surface area contributed by atoms with Crippen LogP contribution in [0.15, 0.2) is 24.3 Å². The molecule has 1 aliphatic heterocycles. The van der Waals surface area contributed by atoms with Crippen molar-refractivity contribution in [2.75, 3.05) is 19.8 Å². The van der Waals surface area contributed by atoms with Crippen LogP contribution in [-0.4, -0.2) is 31.0 Å². The second-order valence-electron chi connectivity index (χ2n) is 5.12. The molecule has 4 heteroatoms. The number of ether oxygens (including phenoxy) is 1. The topological polar surface area (TPSA) is 41.5 Å². The monoisotopic (exact) mass is 283 g/mol. The zero-order chi connectivity index (χ0) is 13.7. The molecule has 1 fully saturated rings. The Hall–Kier alpha value is -0.610. The minimum absolute atomic E-state index is 0.0521. The molecule has 2 N–H and O–H groups in total. The summed E-state index contributed by atoms with van der Waals surface area (Å²) in [6, 6.07) is 7.70. The van der Waals surface area contributed by atoms with Gasteiger partial charge in [0.15, 0.2) is 0 Å². The molecule has 0 amide bonds. The molecule has 1 aliphatic rings. The van der Waals surface area contributed by atoms with Crippen LogP contribution in [0.25, 0.3) is 0 Å². The van der Waals surface area contributed by atoms with Gasteiger partial charge in [-0.2, -0.15) is 0 Å². The molecule has 0 radical (unpaired) electrons. The van der Waals surface area contributed by atoms with Crippen molar-refractivity contribution in [3.8, 4) is 0 Å². The van der Waals surface area contributed by atoms with Gasteiger partial charge in [-0.3, -0.25) is 0 Å². The first kappa shape index (κ1) is 14.8. The molecule has 0 aliphatic carbocycles. The molecular formula is C15H22ClNO2. The number of hydrogen-bond acceptors (Lipinski definition) is 3. The number of hydrogen-bond donors (Lipinski definition) is 2. The van der Waals surface area contributed by atoms with Gasteiger partial charge in [0, 0.05) is 18.2 Å². The second kappa shape index (κ2) is 6.71.